The summed E-state index contributed by atoms with van der Waals surface area (Å²) < 4.78 is 10.8. The molecule has 0 radical (unpaired) electrons. The molecular weight excluding hydrogens is 461 g/mol. The molecule has 0 aliphatic carbocycles. The smallest absolute Gasteiger partial charge is 0.298 e. The summed E-state index contributed by atoms with van der Waals surface area (Å²) in [6, 6.07) is 7.43. The molecule has 1 saturated heterocycles. The van der Waals surface area contributed by atoms with Gasteiger partial charge in [-0.15, -0.1) is 6.42 Å². The molecule has 0 N–H and O–H groups in total. The third-order valence-corrected chi connectivity index (χ3v) is 6.87. The van der Waals surface area contributed by atoms with Crippen molar-refractivity contribution in [3.05, 3.63) is 46.3 Å². The van der Waals surface area contributed by atoms with E-state index in [0.717, 1.165) is 22.3 Å². The van der Waals surface area contributed by atoms with Crippen molar-refractivity contribution in [1.82, 2.24) is 14.9 Å². The average Bonchev–Trinajstić information content (AvgIpc) is 3.18. The topological polar surface area (TPSA) is 64.6 Å². The van der Waals surface area contributed by atoms with Gasteiger partial charge in [-0.3, -0.25) is 4.79 Å². The van der Waals surface area contributed by atoms with Crippen LogP contribution < -0.4 is 9.47 Å². The second-order valence-corrected chi connectivity index (χ2v) is 8.90. The zero-order chi connectivity index (χ0) is 23.7. The fourth-order valence-electron chi connectivity index (χ4n) is 4.26. The Morgan fingerprint density at radius 3 is 2.52 bits per heavy atom. The molecule has 170 valence electrons. The number of carbonyl (C=O) groups excluding carboxylic acids is 1. The van der Waals surface area contributed by atoms with E-state index in [2.05, 4.69) is 17.8 Å². The third-order valence-electron chi connectivity index (χ3n) is 6.12. The summed E-state index contributed by atoms with van der Waals surface area (Å²) in [5.74, 6) is 4.22. The SMILES string of the molecule is C#CC(=O)N1C[C@@H](Cc2ncc3cc(-c4c(Cl)c(OC)cc(OC)c4Cl)ccc3n2)[C@H](C)C1. The summed E-state index contributed by atoms with van der Waals surface area (Å²) in [5.41, 5.74) is 2.24. The van der Waals surface area contributed by atoms with Crippen LogP contribution >= 0.6 is 23.2 Å². The van der Waals surface area contributed by atoms with Gasteiger partial charge in [-0.2, -0.15) is 0 Å². The number of terminal acetylenes is 1. The number of hydrogen-bond donors (Lipinski definition) is 0. The highest BCUT2D eigenvalue weighted by Gasteiger charge is 2.32. The first-order chi connectivity index (χ1) is 15.9. The van der Waals surface area contributed by atoms with E-state index < -0.39 is 0 Å². The van der Waals surface area contributed by atoms with Crippen LogP contribution in [0.25, 0.3) is 22.0 Å². The zero-order valence-corrected chi connectivity index (χ0v) is 20.1. The minimum absolute atomic E-state index is 0.261. The van der Waals surface area contributed by atoms with Crippen LogP contribution in [0.1, 0.15) is 12.7 Å². The fourth-order valence-corrected chi connectivity index (χ4v) is 4.98. The summed E-state index contributed by atoms with van der Waals surface area (Å²) in [6.07, 6.45) is 7.74. The number of halogens is 2. The van der Waals surface area contributed by atoms with Crippen molar-refractivity contribution in [2.45, 2.75) is 13.3 Å². The largest absolute Gasteiger partial charge is 0.495 e. The molecular formula is C25H23Cl2N3O3. The molecule has 8 heteroatoms. The maximum absolute atomic E-state index is 11.8. The second kappa shape index (κ2) is 9.46. The molecule has 33 heavy (non-hydrogen) atoms. The molecule has 0 saturated carbocycles. The molecule has 0 spiro atoms. The Labute approximate surface area is 202 Å². The molecule has 0 bridgehead atoms. The number of hydrogen-bond acceptors (Lipinski definition) is 5. The number of likely N-dealkylation sites (tertiary alicyclic amines) is 1. The van der Waals surface area contributed by atoms with Gasteiger partial charge >= 0.3 is 0 Å². The number of rotatable bonds is 5. The van der Waals surface area contributed by atoms with E-state index in [4.69, 9.17) is 44.1 Å². The molecule has 1 aliphatic rings. The monoisotopic (exact) mass is 483 g/mol. The van der Waals surface area contributed by atoms with Gasteiger partial charge in [-0.05, 0) is 35.5 Å². The van der Waals surface area contributed by atoms with Gasteiger partial charge in [0.1, 0.15) is 17.3 Å². The lowest BCUT2D eigenvalue weighted by molar-refractivity contribution is -0.124. The molecule has 6 nitrogen and oxygen atoms in total. The summed E-state index contributed by atoms with van der Waals surface area (Å²) in [6.45, 7) is 3.41. The van der Waals surface area contributed by atoms with Gasteiger partial charge in [-0.25, -0.2) is 9.97 Å². The van der Waals surface area contributed by atoms with Gasteiger partial charge in [0.05, 0.1) is 29.8 Å². The highest BCUT2D eigenvalue weighted by molar-refractivity contribution is 6.41. The van der Waals surface area contributed by atoms with E-state index in [-0.39, 0.29) is 11.8 Å². The Balaban J connectivity index is 1.64. The van der Waals surface area contributed by atoms with Crippen LogP contribution in [-0.4, -0.2) is 48.1 Å². The van der Waals surface area contributed by atoms with Crippen LogP contribution in [0, 0.1) is 24.2 Å². The lowest BCUT2D eigenvalue weighted by Crippen LogP contribution is -2.27. The summed E-state index contributed by atoms with van der Waals surface area (Å²) in [4.78, 5) is 22.9. The zero-order valence-electron chi connectivity index (χ0n) is 18.6. The van der Waals surface area contributed by atoms with E-state index in [1.807, 2.05) is 18.2 Å². The maximum atomic E-state index is 11.8. The van der Waals surface area contributed by atoms with E-state index in [9.17, 15) is 4.79 Å². The maximum Gasteiger partial charge on any atom is 0.298 e. The number of amides is 1. The molecule has 1 aliphatic heterocycles. The number of fused-ring (bicyclic) bond motifs is 1. The van der Waals surface area contributed by atoms with Crippen LogP contribution in [0.15, 0.2) is 30.5 Å². The van der Waals surface area contributed by atoms with E-state index >= 15 is 0 Å². The number of carbonyl (C=O) groups is 1. The van der Waals surface area contributed by atoms with Crippen molar-refractivity contribution in [1.29, 1.82) is 0 Å². The standard InChI is InChI=1S/C25H23Cl2N3O3/c1-5-22(31)30-12-14(2)17(13-30)9-21-28-11-16-8-15(6-7-18(16)29-21)23-24(26)19(32-3)10-20(33-4)25(23)27/h1,6-8,10-11,14,17H,9,12-13H2,2-4H3/t14-,17-/m1/s1. The number of aromatic nitrogens is 2. The highest BCUT2D eigenvalue weighted by Crippen LogP contribution is 2.46. The Morgan fingerprint density at radius 2 is 1.88 bits per heavy atom. The first-order valence-electron chi connectivity index (χ1n) is 10.5. The van der Waals surface area contributed by atoms with E-state index in [1.165, 1.54) is 0 Å². The van der Waals surface area contributed by atoms with E-state index in [0.29, 0.717) is 52.5 Å². The van der Waals surface area contributed by atoms with Crippen molar-refractivity contribution in [2.75, 3.05) is 27.3 Å². The van der Waals surface area contributed by atoms with Gasteiger partial charge in [0, 0.05) is 42.7 Å². The third kappa shape index (κ3) is 4.44. The van der Waals surface area contributed by atoms with Crippen molar-refractivity contribution in [3.63, 3.8) is 0 Å². The van der Waals surface area contributed by atoms with Gasteiger partial charge < -0.3 is 14.4 Å². The fraction of sp³-hybridized carbons (Fsp3) is 0.320. The Hall–Kier alpha value is -3.01. The van der Waals surface area contributed by atoms with Gasteiger partial charge in [0.15, 0.2) is 0 Å². The first-order valence-corrected chi connectivity index (χ1v) is 11.2. The molecule has 3 aromatic rings. The normalized spacial score (nSPS) is 17.8. The molecule has 2 atom stereocenters. The molecule has 1 aromatic heterocycles. The molecule has 0 unspecified atom stereocenters. The van der Waals surface area contributed by atoms with Gasteiger partial charge in [0.2, 0.25) is 0 Å². The first kappa shape index (κ1) is 23.2. The van der Waals surface area contributed by atoms with Gasteiger partial charge in [0.25, 0.3) is 5.91 Å². The summed E-state index contributed by atoms with van der Waals surface area (Å²) in [5, 5.41) is 1.66. The molecule has 1 amide bonds. The Morgan fingerprint density at radius 1 is 1.18 bits per heavy atom. The molecule has 2 aromatic carbocycles. The highest BCUT2D eigenvalue weighted by atomic mass is 35.5. The van der Waals surface area contributed by atoms with E-state index in [1.54, 1.807) is 31.4 Å². The number of benzene rings is 2. The average molecular weight is 484 g/mol. The van der Waals surface area contributed by atoms with Gasteiger partial charge in [-0.1, -0.05) is 36.2 Å². The van der Waals surface area contributed by atoms with Crippen LogP contribution in [0.3, 0.4) is 0 Å². The predicted octanol–water partition coefficient (Wildman–Crippen LogP) is 4.89. The predicted molar refractivity (Wildman–Crippen MR) is 130 cm³/mol. The summed E-state index contributed by atoms with van der Waals surface area (Å²) in [7, 11) is 3.09. The van der Waals surface area contributed by atoms with Crippen molar-refractivity contribution in [3.8, 4) is 35.0 Å². The lowest BCUT2D eigenvalue weighted by Gasteiger charge is -2.15. The lowest BCUT2D eigenvalue weighted by atomic mass is 9.94. The minimum Gasteiger partial charge on any atom is -0.495 e. The van der Waals surface area contributed by atoms with Crippen LogP contribution in [-0.2, 0) is 11.2 Å². The Bertz CT molecular complexity index is 1240. The van der Waals surface area contributed by atoms with Crippen LogP contribution in [0.4, 0.5) is 0 Å². The molecule has 2 heterocycles. The van der Waals surface area contributed by atoms with Crippen LogP contribution in [0.2, 0.25) is 10.0 Å². The summed E-state index contributed by atoms with van der Waals surface area (Å²) >= 11 is 13.1. The second-order valence-electron chi connectivity index (χ2n) is 8.14. The number of methoxy groups -OCH3 is 2. The van der Waals surface area contributed by atoms with Crippen molar-refractivity contribution in [2.24, 2.45) is 11.8 Å². The quantitative estimate of drug-likeness (QED) is 0.483. The molecule has 1 fully saturated rings. The number of ether oxygens (including phenoxy) is 2. The number of nitrogens with zero attached hydrogens (tertiary/aromatic N) is 3. The van der Waals surface area contributed by atoms with Crippen molar-refractivity contribution < 1.29 is 14.3 Å². The Kier molecular flexibility index (Phi) is 6.64. The molecule has 4 rings (SSSR count). The van der Waals surface area contributed by atoms with Crippen LogP contribution in [0.5, 0.6) is 11.5 Å². The van der Waals surface area contributed by atoms with Crippen molar-refractivity contribution >= 4 is 40.0 Å². The minimum atomic E-state index is -0.261.